The molecule has 3 aliphatic rings. The number of esters is 3. The van der Waals surface area contributed by atoms with Gasteiger partial charge in [0.2, 0.25) is 0 Å². The maximum Gasteiger partial charge on any atom is 0.326 e. The van der Waals surface area contributed by atoms with Crippen LogP contribution in [0.1, 0.15) is 60.8 Å². The zero-order chi connectivity index (χ0) is 22.6. The molecule has 170 valence electrons. The van der Waals surface area contributed by atoms with E-state index in [2.05, 4.69) is 0 Å². The van der Waals surface area contributed by atoms with Crippen LogP contribution in [-0.2, 0) is 33.3 Å². The van der Waals surface area contributed by atoms with Crippen molar-refractivity contribution >= 4 is 17.9 Å². The molecule has 0 aliphatic carbocycles. The lowest BCUT2D eigenvalue weighted by atomic mass is 9.74. The molecule has 9 nitrogen and oxygen atoms in total. The fourth-order valence-corrected chi connectivity index (χ4v) is 4.24. The van der Waals surface area contributed by atoms with Crippen LogP contribution in [0.4, 0.5) is 0 Å². The Hall–Kier alpha value is -1.71. The molecule has 9 heteroatoms. The van der Waals surface area contributed by atoms with Crippen LogP contribution < -0.4 is 0 Å². The number of carbonyl (C=O) groups is 3. The summed E-state index contributed by atoms with van der Waals surface area (Å²) in [5.74, 6) is -2.33. The van der Waals surface area contributed by atoms with Crippen LogP contribution in [0.3, 0.4) is 0 Å². The Morgan fingerprint density at radius 2 is 1.90 bits per heavy atom. The van der Waals surface area contributed by atoms with Gasteiger partial charge in [0.25, 0.3) is 0 Å². The van der Waals surface area contributed by atoms with E-state index >= 15 is 0 Å². The molecule has 2 N–H and O–H groups in total. The molecule has 7 atom stereocenters. The molecule has 3 fully saturated rings. The average Bonchev–Trinajstić information content (AvgIpc) is 3.20. The Labute approximate surface area is 176 Å². The van der Waals surface area contributed by atoms with E-state index in [1.165, 1.54) is 27.7 Å². The molecule has 0 amide bonds. The van der Waals surface area contributed by atoms with Gasteiger partial charge < -0.3 is 29.2 Å². The Morgan fingerprint density at radius 3 is 2.43 bits per heavy atom. The topological polar surface area (TPSA) is 129 Å². The summed E-state index contributed by atoms with van der Waals surface area (Å²) in [5, 5.41) is 20.6. The Kier molecular flexibility index (Phi) is 5.71. The van der Waals surface area contributed by atoms with Gasteiger partial charge in [0.15, 0.2) is 17.6 Å². The third-order valence-corrected chi connectivity index (χ3v) is 6.28. The largest absolute Gasteiger partial charge is 0.458 e. The van der Waals surface area contributed by atoms with Crippen LogP contribution >= 0.6 is 0 Å². The number of aliphatic hydroxyl groups is 2. The van der Waals surface area contributed by atoms with Gasteiger partial charge in [-0.2, -0.15) is 0 Å². The molecule has 0 radical (unpaired) electrons. The van der Waals surface area contributed by atoms with Crippen molar-refractivity contribution in [2.45, 2.75) is 103 Å². The van der Waals surface area contributed by atoms with Crippen LogP contribution in [-0.4, -0.2) is 69.8 Å². The SMILES string of the molecule is CCC(C)C(=O)OC1C2CC3(C(=O)OC(CC(C)(C)O)C(C)(C)O)C(=O)OC1C3O2. The van der Waals surface area contributed by atoms with Crippen LogP contribution in [0.2, 0.25) is 0 Å². The van der Waals surface area contributed by atoms with Crippen molar-refractivity contribution in [3.8, 4) is 0 Å². The molecule has 0 spiro atoms. The van der Waals surface area contributed by atoms with Gasteiger partial charge in [0.05, 0.1) is 17.1 Å². The quantitative estimate of drug-likeness (QED) is 0.329. The Bertz CT molecular complexity index is 719. The lowest BCUT2D eigenvalue weighted by molar-refractivity contribution is -0.183. The first kappa shape index (κ1) is 23.0. The molecule has 0 aromatic rings. The molecule has 0 aromatic carbocycles. The second-order valence-electron chi connectivity index (χ2n) is 9.92. The summed E-state index contributed by atoms with van der Waals surface area (Å²) >= 11 is 0. The zero-order valence-corrected chi connectivity index (χ0v) is 18.3. The van der Waals surface area contributed by atoms with Gasteiger partial charge in [0.1, 0.15) is 18.3 Å². The first-order chi connectivity index (χ1) is 13.7. The molecule has 30 heavy (non-hydrogen) atoms. The molecule has 0 aromatic heterocycles. The summed E-state index contributed by atoms with van der Waals surface area (Å²) < 4.78 is 22.3. The molecule has 2 bridgehead atoms. The molecule has 3 heterocycles. The van der Waals surface area contributed by atoms with Gasteiger partial charge in [-0.1, -0.05) is 13.8 Å². The smallest absolute Gasteiger partial charge is 0.326 e. The summed E-state index contributed by atoms with van der Waals surface area (Å²) in [6.45, 7) is 9.62. The monoisotopic (exact) mass is 428 g/mol. The van der Waals surface area contributed by atoms with E-state index in [0.717, 1.165) is 0 Å². The second-order valence-corrected chi connectivity index (χ2v) is 9.92. The minimum atomic E-state index is -1.66. The van der Waals surface area contributed by atoms with Crippen molar-refractivity contribution in [3.05, 3.63) is 0 Å². The molecule has 3 saturated heterocycles. The third kappa shape index (κ3) is 3.83. The highest BCUT2D eigenvalue weighted by Gasteiger charge is 2.77. The van der Waals surface area contributed by atoms with Crippen molar-refractivity contribution in [3.63, 3.8) is 0 Å². The number of hydrogen-bond donors (Lipinski definition) is 2. The molecular weight excluding hydrogens is 396 g/mol. The van der Waals surface area contributed by atoms with E-state index in [1.54, 1.807) is 6.92 Å². The predicted octanol–water partition coefficient (Wildman–Crippen LogP) is 0.871. The minimum absolute atomic E-state index is 0.0224. The van der Waals surface area contributed by atoms with Gasteiger partial charge in [-0.15, -0.1) is 0 Å². The molecule has 3 rings (SSSR count). The fourth-order valence-electron chi connectivity index (χ4n) is 4.24. The number of ether oxygens (including phenoxy) is 4. The normalized spacial score (nSPS) is 34.5. The first-order valence-corrected chi connectivity index (χ1v) is 10.4. The third-order valence-electron chi connectivity index (χ3n) is 6.28. The minimum Gasteiger partial charge on any atom is -0.458 e. The zero-order valence-electron chi connectivity index (χ0n) is 18.3. The van der Waals surface area contributed by atoms with Crippen molar-refractivity contribution in [1.29, 1.82) is 0 Å². The van der Waals surface area contributed by atoms with Gasteiger partial charge >= 0.3 is 17.9 Å². The summed E-state index contributed by atoms with van der Waals surface area (Å²) in [6.07, 6.45) is -3.68. The van der Waals surface area contributed by atoms with E-state index in [0.29, 0.717) is 6.42 Å². The highest BCUT2D eigenvalue weighted by atomic mass is 16.7. The number of rotatable bonds is 8. The fraction of sp³-hybridized carbons (Fsp3) is 0.857. The van der Waals surface area contributed by atoms with Crippen molar-refractivity contribution in [1.82, 2.24) is 0 Å². The van der Waals surface area contributed by atoms with Crippen LogP contribution in [0.15, 0.2) is 0 Å². The van der Waals surface area contributed by atoms with Gasteiger partial charge in [0, 0.05) is 12.8 Å². The highest BCUT2D eigenvalue weighted by Crippen LogP contribution is 2.56. The van der Waals surface area contributed by atoms with Crippen molar-refractivity contribution in [2.75, 3.05) is 0 Å². The van der Waals surface area contributed by atoms with Crippen LogP contribution in [0.5, 0.6) is 0 Å². The van der Waals surface area contributed by atoms with Crippen molar-refractivity contribution in [2.24, 2.45) is 11.3 Å². The number of fused-ring (bicyclic) bond motifs is 1. The number of carbonyl (C=O) groups excluding carboxylic acids is 3. The second kappa shape index (κ2) is 7.46. The van der Waals surface area contributed by atoms with Crippen molar-refractivity contribution < 1.29 is 43.5 Å². The van der Waals surface area contributed by atoms with E-state index < -0.39 is 65.0 Å². The van der Waals surface area contributed by atoms with E-state index in [1.807, 2.05) is 6.92 Å². The average molecular weight is 428 g/mol. The van der Waals surface area contributed by atoms with E-state index in [-0.39, 0.29) is 18.8 Å². The van der Waals surface area contributed by atoms with E-state index in [9.17, 15) is 24.6 Å². The van der Waals surface area contributed by atoms with Gasteiger partial charge in [-0.05, 0) is 34.1 Å². The maximum absolute atomic E-state index is 13.1. The summed E-state index contributed by atoms with van der Waals surface area (Å²) in [6, 6.07) is 0. The van der Waals surface area contributed by atoms with Crippen LogP contribution in [0.25, 0.3) is 0 Å². The van der Waals surface area contributed by atoms with E-state index in [4.69, 9.17) is 18.9 Å². The lowest BCUT2D eigenvalue weighted by Crippen LogP contribution is -2.52. The summed E-state index contributed by atoms with van der Waals surface area (Å²) in [4.78, 5) is 38.1. The summed E-state index contributed by atoms with van der Waals surface area (Å²) in [5.41, 5.74) is -4.31. The standard InChI is InChI=1S/C21H32O9/c1-7-10(2)16(22)29-13-11-8-21(15(27-11)14(13)30-18(21)24)17(23)28-12(20(5,6)26)9-19(3,4)25/h10-15,25-26H,7-9H2,1-6H3. The Balaban J connectivity index is 1.78. The number of hydrogen-bond acceptors (Lipinski definition) is 9. The lowest BCUT2D eigenvalue weighted by Gasteiger charge is -2.35. The first-order valence-electron chi connectivity index (χ1n) is 10.4. The molecular formula is C21H32O9. The van der Waals surface area contributed by atoms with Crippen LogP contribution in [0, 0.1) is 11.3 Å². The Morgan fingerprint density at radius 1 is 1.27 bits per heavy atom. The maximum atomic E-state index is 13.1. The highest BCUT2D eigenvalue weighted by molar-refractivity contribution is 6.03. The molecule has 7 unspecified atom stereocenters. The van der Waals surface area contributed by atoms with Gasteiger partial charge in [-0.25, -0.2) is 0 Å². The van der Waals surface area contributed by atoms with Gasteiger partial charge in [-0.3, -0.25) is 14.4 Å². The molecule has 3 aliphatic heterocycles. The molecule has 0 saturated carbocycles. The predicted molar refractivity (Wildman–Crippen MR) is 102 cm³/mol. The summed E-state index contributed by atoms with van der Waals surface area (Å²) in [7, 11) is 0.